The molecule has 8 heteroatoms. The van der Waals surface area contributed by atoms with Crippen molar-refractivity contribution in [2.45, 2.75) is 38.1 Å². The van der Waals surface area contributed by atoms with Crippen LogP contribution in [0.4, 0.5) is 5.82 Å². The third-order valence-corrected chi connectivity index (χ3v) is 4.88. The van der Waals surface area contributed by atoms with Gasteiger partial charge in [0.15, 0.2) is 0 Å². The molecule has 0 saturated heterocycles. The number of rotatable bonds is 5. The van der Waals surface area contributed by atoms with Gasteiger partial charge in [-0.15, -0.1) is 11.8 Å². The van der Waals surface area contributed by atoms with E-state index >= 15 is 0 Å². The van der Waals surface area contributed by atoms with Crippen LogP contribution in [0.1, 0.15) is 32.2 Å². The highest BCUT2D eigenvalue weighted by Crippen LogP contribution is 2.28. The zero-order valence-corrected chi connectivity index (χ0v) is 14.2. The number of aromatic nitrogens is 2. The van der Waals surface area contributed by atoms with Crippen LogP contribution in [0.5, 0.6) is 0 Å². The molecule has 0 amide bonds. The van der Waals surface area contributed by atoms with Gasteiger partial charge in [0.25, 0.3) is 0 Å². The highest BCUT2D eigenvalue weighted by atomic mass is 32.2. The standard InChI is InChI=1S/C12H22N4O2S2/c1-8-9(16-13)14-11(12(2,3)4)15-10(8)19-6-7-20(5,17)18/h6-7,13H2,1-5H3,(H,14,15,16). The summed E-state index contributed by atoms with van der Waals surface area (Å²) in [4.78, 5) is 8.93. The predicted molar refractivity (Wildman–Crippen MR) is 83.7 cm³/mol. The van der Waals surface area contributed by atoms with Gasteiger partial charge in [-0.1, -0.05) is 20.8 Å². The van der Waals surface area contributed by atoms with Crippen molar-refractivity contribution < 1.29 is 8.42 Å². The molecule has 1 rings (SSSR count). The molecule has 0 bridgehead atoms. The summed E-state index contributed by atoms with van der Waals surface area (Å²) in [6, 6.07) is 0. The average molecular weight is 318 g/mol. The van der Waals surface area contributed by atoms with E-state index in [1.807, 2.05) is 27.7 Å². The molecule has 0 aromatic carbocycles. The first-order valence-corrected chi connectivity index (χ1v) is 9.25. The number of hydrogen-bond acceptors (Lipinski definition) is 7. The minimum Gasteiger partial charge on any atom is -0.308 e. The number of thioether (sulfide) groups is 1. The lowest BCUT2D eigenvalue weighted by molar-refractivity contribution is 0.538. The molecule has 1 aromatic heterocycles. The average Bonchev–Trinajstić information content (AvgIpc) is 2.28. The van der Waals surface area contributed by atoms with Gasteiger partial charge >= 0.3 is 0 Å². The molecule has 1 heterocycles. The number of nitrogens with two attached hydrogens (primary N) is 1. The summed E-state index contributed by atoms with van der Waals surface area (Å²) >= 11 is 1.41. The number of sulfone groups is 1. The smallest absolute Gasteiger partial charge is 0.148 e. The molecule has 0 radical (unpaired) electrons. The molecule has 0 saturated carbocycles. The first-order chi connectivity index (χ1) is 9.04. The van der Waals surface area contributed by atoms with Crippen LogP contribution in [0, 0.1) is 6.92 Å². The van der Waals surface area contributed by atoms with E-state index < -0.39 is 9.84 Å². The van der Waals surface area contributed by atoms with Gasteiger partial charge in [0.1, 0.15) is 26.5 Å². The summed E-state index contributed by atoms with van der Waals surface area (Å²) in [6.45, 7) is 7.92. The fourth-order valence-corrected chi connectivity index (χ4v) is 3.60. The van der Waals surface area contributed by atoms with E-state index in [1.54, 1.807) is 0 Å². The van der Waals surface area contributed by atoms with E-state index in [0.29, 0.717) is 17.4 Å². The van der Waals surface area contributed by atoms with Crippen molar-refractivity contribution in [1.29, 1.82) is 0 Å². The normalized spacial score (nSPS) is 12.5. The van der Waals surface area contributed by atoms with Crippen LogP contribution >= 0.6 is 11.8 Å². The van der Waals surface area contributed by atoms with Crippen molar-refractivity contribution in [2.24, 2.45) is 5.84 Å². The van der Waals surface area contributed by atoms with Crippen LogP contribution in [-0.4, -0.2) is 36.1 Å². The Labute approximate surface area is 124 Å². The van der Waals surface area contributed by atoms with Crippen molar-refractivity contribution in [2.75, 3.05) is 23.2 Å². The molecule has 0 unspecified atom stereocenters. The molecular formula is C12H22N4O2S2. The Balaban J connectivity index is 3.05. The van der Waals surface area contributed by atoms with Crippen LogP contribution in [0.25, 0.3) is 0 Å². The molecule has 6 nitrogen and oxygen atoms in total. The van der Waals surface area contributed by atoms with Crippen LogP contribution < -0.4 is 11.3 Å². The molecule has 0 fully saturated rings. The Hall–Kier alpha value is -0.860. The molecule has 114 valence electrons. The zero-order chi connectivity index (χ0) is 15.6. The molecule has 0 aliphatic heterocycles. The SMILES string of the molecule is Cc1c(NN)nc(C(C)(C)C)nc1SCCS(C)(=O)=O. The van der Waals surface area contributed by atoms with Gasteiger partial charge in [-0.25, -0.2) is 24.2 Å². The largest absolute Gasteiger partial charge is 0.308 e. The second-order valence-electron chi connectivity index (χ2n) is 5.70. The van der Waals surface area contributed by atoms with Gasteiger partial charge in [0, 0.05) is 23.0 Å². The number of anilines is 1. The third-order valence-electron chi connectivity index (χ3n) is 2.60. The van der Waals surface area contributed by atoms with Crippen molar-refractivity contribution in [3.05, 3.63) is 11.4 Å². The van der Waals surface area contributed by atoms with Gasteiger partial charge in [-0.3, -0.25) is 0 Å². The maximum atomic E-state index is 11.2. The first kappa shape index (κ1) is 17.2. The highest BCUT2D eigenvalue weighted by molar-refractivity contribution is 8.00. The number of nitrogens with zero attached hydrogens (tertiary/aromatic N) is 2. The maximum Gasteiger partial charge on any atom is 0.148 e. The molecule has 20 heavy (non-hydrogen) atoms. The van der Waals surface area contributed by atoms with E-state index in [1.165, 1.54) is 18.0 Å². The molecule has 0 aliphatic rings. The topological polar surface area (TPSA) is 98.0 Å². The Bertz CT molecular complexity index is 580. The minimum absolute atomic E-state index is 0.122. The quantitative estimate of drug-likeness (QED) is 0.367. The highest BCUT2D eigenvalue weighted by Gasteiger charge is 2.21. The molecule has 1 aromatic rings. The van der Waals surface area contributed by atoms with Gasteiger partial charge < -0.3 is 5.43 Å². The van der Waals surface area contributed by atoms with Crippen molar-refractivity contribution in [3.8, 4) is 0 Å². The summed E-state index contributed by atoms with van der Waals surface area (Å²) in [6.07, 6.45) is 1.23. The van der Waals surface area contributed by atoms with Crippen LogP contribution in [0.2, 0.25) is 0 Å². The Morgan fingerprint density at radius 3 is 2.35 bits per heavy atom. The minimum atomic E-state index is -2.97. The van der Waals surface area contributed by atoms with E-state index in [2.05, 4.69) is 15.4 Å². The van der Waals surface area contributed by atoms with Crippen LogP contribution in [0.15, 0.2) is 5.03 Å². The number of nitrogen functional groups attached to an aromatic ring is 1. The number of nitrogens with one attached hydrogen (secondary N) is 1. The van der Waals surface area contributed by atoms with Gasteiger partial charge in [0.2, 0.25) is 0 Å². The van der Waals surface area contributed by atoms with Crippen molar-refractivity contribution in [3.63, 3.8) is 0 Å². The molecule has 3 N–H and O–H groups in total. The van der Waals surface area contributed by atoms with Gasteiger partial charge in [-0.05, 0) is 6.92 Å². The van der Waals surface area contributed by atoms with E-state index in [4.69, 9.17) is 5.84 Å². The van der Waals surface area contributed by atoms with Crippen LogP contribution in [0.3, 0.4) is 0 Å². The second-order valence-corrected chi connectivity index (χ2v) is 9.04. The second kappa shape index (κ2) is 6.28. The van der Waals surface area contributed by atoms with Crippen LogP contribution in [-0.2, 0) is 15.3 Å². The molecule has 0 aliphatic carbocycles. The van der Waals surface area contributed by atoms with Crippen molar-refractivity contribution in [1.82, 2.24) is 9.97 Å². The third kappa shape index (κ3) is 4.92. The molecule has 0 atom stereocenters. The summed E-state index contributed by atoms with van der Waals surface area (Å²) in [5.74, 6) is 7.32. The Morgan fingerprint density at radius 1 is 1.30 bits per heavy atom. The Kier molecular flexibility index (Phi) is 5.39. The summed E-state index contributed by atoms with van der Waals surface area (Å²) < 4.78 is 22.4. The fraction of sp³-hybridized carbons (Fsp3) is 0.667. The maximum absolute atomic E-state index is 11.2. The predicted octanol–water partition coefficient (Wildman–Crippen LogP) is 1.50. The van der Waals surface area contributed by atoms with Gasteiger partial charge in [0.05, 0.1) is 5.75 Å². The van der Waals surface area contributed by atoms with Crippen molar-refractivity contribution >= 4 is 27.4 Å². The first-order valence-electron chi connectivity index (χ1n) is 6.21. The lowest BCUT2D eigenvalue weighted by atomic mass is 9.95. The van der Waals surface area contributed by atoms with E-state index in [-0.39, 0.29) is 11.2 Å². The summed E-state index contributed by atoms with van der Waals surface area (Å²) in [7, 11) is -2.97. The monoisotopic (exact) mass is 318 g/mol. The molecular weight excluding hydrogens is 296 g/mol. The lowest BCUT2D eigenvalue weighted by Crippen LogP contribution is -2.20. The molecule has 0 spiro atoms. The lowest BCUT2D eigenvalue weighted by Gasteiger charge is -2.20. The fourth-order valence-electron chi connectivity index (χ4n) is 1.40. The zero-order valence-electron chi connectivity index (χ0n) is 12.5. The van der Waals surface area contributed by atoms with E-state index in [0.717, 1.165) is 10.6 Å². The summed E-state index contributed by atoms with van der Waals surface area (Å²) in [5.41, 5.74) is 3.20. The van der Waals surface area contributed by atoms with E-state index in [9.17, 15) is 8.42 Å². The number of hydrazine groups is 1. The summed E-state index contributed by atoms with van der Waals surface area (Å²) in [5, 5.41) is 0.765. The number of hydrogen-bond donors (Lipinski definition) is 2. The van der Waals surface area contributed by atoms with Gasteiger partial charge in [-0.2, -0.15) is 0 Å². The Morgan fingerprint density at radius 2 is 1.90 bits per heavy atom.